The van der Waals surface area contributed by atoms with Crippen LogP contribution in [0.15, 0.2) is 24.3 Å². The van der Waals surface area contributed by atoms with Gasteiger partial charge in [0.05, 0.1) is 12.7 Å². The molecule has 19 heavy (non-hydrogen) atoms. The molecule has 1 saturated carbocycles. The smallest absolute Gasteiger partial charge is 0.225 e. The standard InChI is InChI=1S/C15H22N2O2/c16-9-8-15(18)17-13-5-3-4-12(10-13)11-19-14-6-1-2-7-14/h3-5,10,14H,1-2,6-9,11,16H2,(H,17,18). The Bertz CT molecular complexity index is 414. The Balaban J connectivity index is 1.85. The molecule has 1 aromatic carbocycles. The van der Waals surface area contributed by atoms with Crippen molar-refractivity contribution in [3.8, 4) is 0 Å². The largest absolute Gasteiger partial charge is 0.374 e. The van der Waals surface area contributed by atoms with Crippen LogP contribution in [0.3, 0.4) is 0 Å². The first kappa shape index (κ1) is 14.0. The number of hydrogen-bond donors (Lipinski definition) is 2. The number of carbonyl (C=O) groups is 1. The number of amides is 1. The molecular formula is C15H22N2O2. The first-order valence-corrected chi connectivity index (χ1v) is 6.98. The summed E-state index contributed by atoms with van der Waals surface area (Å²) in [5.74, 6) is -0.0450. The van der Waals surface area contributed by atoms with Crippen molar-refractivity contribution in [3.63, 3.8) is 0 Å². The molecule has 0 aliphatic heterocycles. The molecule has 0 heterocycles. The highest BCUT2D eigenvalue weighted by Gasteiger charge is 2.15. The van der Waals surface area contributed by atoms with Crippen molar-refractivity contribution in [3.05, 3.63) is 29.8 Å². The molecule has 4 heteroatoms. The van der Waals surface area contributed by atoms with Gasteiger partial charge in [-0.05, 0) is 30.5 Å². The van der Waals surface area contributed by atoms with Crippen LogP contribution in [0.5, 0.6) is 0 Å². The highest BCUT2D eigenvalue weighted by atomic mass is 16.5. The zero-order valence-corrected chi connectivity index (χ0v) is 11.2. The van der Waals surface area contributed by atoms with Gasteiger partial charge in [-0.1, -0.05) is 25.0 Å². The molecule has 1 fully saturated rings. The molecule has 0 saturated heterocycles. The summed E-state index contributed by atoms with van der Waals surface area (Å²) in [6.07, 6.45) is 5.66. The Labute approximate surface area is 114 Å². The zero-order chi connectivity index (χ0) is 13.5. The number of ether oxygens (including phenoxy) is 1. The predicted octanol–water partition coefficient (Wildman–Crippen LogP) is 2.43. The lowest BCUT2D eigenvalue weighted by Gasteiger charge is -2.12. The predicted molar refractivity (Wildman–Crippen MR) is 75.8 cm³/mol. The van der Waals surface area contributed by atoms with Gasteiger partial charge in [0.15, 0.2) is 0 Å². The Morgan fingerprint density at radius 2 is 2.16 bits per heavy atom. The molecule has 1 aliphatic rings. The van der Waals surface area contributed by atoms with Gasteiger partial charge in [0.1, 0.15) is 0 Å². The summed E-state index contributed by atoms with van der Waals surface area (Å²) in [7, 11) is 0. The lowest BCUT2D eigenvalue weighted by atomic mass is 10.2. The van der Waals surface area contributed by atoms with Crippen LogP contribution in [-0.4, -0.2) is 18.6 Å². The Morgan fingerprint density at radius 1 is 1.37 bits per heavy atom. The summed E-state index contributed by atoms with van der Waals surface area (Å²) in [6, 6.07) is 7.80. The first-order valence-electron chi connectivity index (χ1n) is 6.98. The van der Waals surface area contributed by atoms with Gasteiger partial charge in [0.2, 0.25) is 5.91 Å². The second-order valence-electron chi connectivity index (χ2n) is 5.00. The summed E-state index contributed by atoms with van der Waals surface area (Å²) in [6.45, 7) is 0.988. The molecule has 4 nitrogen and oxygen atoms in total. The third kappa shape index (κ3) is 4.65. The van der Waals surface area contributed by atoms with Crippen LogP contribution >= 0.6 is 0 Å². The average molecular weight is 262 g/mol. The second-order valence-corrected chi connectivity index (χ2v) is 5.00. The van der Waals surface area contributed by atoms with E-state index >= 15 is 0 Å². The van der Waals surface area contributed by atoms with Gasteiger partial charge in [0, 0.05) is 18.7 Å². The molecule has 0 spiro atoms. The molecular weight excluding hydrogens is 240 g/mol. The minimum absolute atomic E-state index is 0.0450. The molecule has 1 aromatic rings. The van der Waals surface area contributed by atoms with Crippen molar-refractivity contribution in [1.82, 2.24) is 0 Å². The molecule has 0 bridgehead atoms. The lowest BCUT2D eigenvalue weighted by molar-refractivity contribution is -0.116. The van der Waals surface area contributed by atoms with Crippen molar-refractivity contribution in [2.75, 3.05) is 11.9 Å². The van der Waals surface area contributed by atoms with Crippen LogP contribution in [0.4, 0.5) is 5.69 Å². The fourth-order valence-corrected chi connectivity index (χ4v) is 2.36. The van der Waals surface area contributed by atoms with Crippen molar-refractivity contribution >= 4 is 11.6 Å². The van der Waals surface area contributed by atoms with Crippen LogP contribution in [0.1, 0.15) is 37.7 Å². The third-order valence-electron chi connectivity index (χ3n) is 3.37. The SMILES string of the molecule is NCCC(=O)Nc1cccc(COC2CCCC2)c1. The summed E-state index contributed by atoms with van der Waals surface area (Å²) >= 11 is 0. The Hall–Kier alpha value is -1.39. The van der Waals surface area contributed by atoms with Crippen molar-refractivity contribution in [2.45, 2.75) is 44.8 Å². The van der Waals surface area contributed by atoms with E-state index in [9.17, 15) is 4.79 Å². The zero-order valence-electron chi connectivity index (χ0n) is 11.2. The van der Waals surface area contributed by atoms with Crippen molar-refractivity contribution in [2.24, 2.45) is 5.73 Å². The van der Waals surface area contributed by atoms with Gasteiger partial charge < -0.3 is 15.8 Å². The molecule has 0 atom stereocenters. The van der Waals surface area contributed by atoms with Crippen molar-refractivity contribution in [1.29, 1.82) is 0 Å². The van der Waals surface area contributed by atoms with Gasteiger partial charge in [-0.25, -0.2) is 0 Å². The van der Waals surface area contributed by atoms with E-state index in [0.29, 0.717) is 25.7 Å². The van der Waals surface area contributed by atoms with E-state index < -0.39 is 0 Å². The monoisotopic (exact) mass is 262 g/mol. The van der Waals surface area contributed by atoms with E-state index in [1.807, 2.05) is 24.3 Å². The Kier molecular flexibility index (Phi) is 5.36. The van der Waals surface area contributed by atoms with Gasteiger partial charge in [-0.15, -0.1) is 0 Å². The van der Waals surface area contributed by atoms with E-state index in [1.54, 1.807) is 0 Å². The molecule has 104 valence electrons. The van der Waals surface area contributed by atoms with Gasteiger partial charge in [0.25, 0.3) is 0 Å². The van der Waals surface area contributed by atoms with Crippen LogP contribution in [0.2, 0.25) is 0 Å². The van der Waals surface area contributed by atoms with Gasteiger partial charge >= 0.3 is 0 Å². The molecule has 2 rings (SSSR count). The van der Waals surface area contributed by atoms with Crippen LogP contribution < -0.4 is 11.1 Å². The number of hydrogen-bond acceptors (Lipinski definition) is 3. The maximum absolute atomic E-state index is 11.5. The topological polar surface area (TPSA) is 64.4 Å². The number of rotatable bonds is 6. The highest BCUT2D eigenvalue weighted by molar-refractivity contribution is 5.90. The van der Waals surface area contributed by atoms with Crippen LogP contribution in [-0.2, 0) is 16.1 Å². The number of carbonyl (C=O) groups excluding carboxylic acids is 1. The second kappa shape index (κ2) is 7.26. The lowest BCUT2D eigenvalue weighted by Crippen LogP contribution is -2.16. The van der Waals surface area contributed by atoms with Gasteiger partial charge in [-0.3, -0.25) is 4.79 Å². The van der Waals surface area contributed by atoms with E-state index in [0.717, 1.165) is 11.3 Å². The quantitative estimate of drug-likeness (QED) is 0.827. The number of nitrogens with two attached hydrogens (primary N) is 1. The molecule has 1 amide bonds. The molecule has 0 radical (unpaired) electrons. The van der Waals surface area contributed by atoms with E-state index in [-0.39, 0.29) is 5.91 Å². The minimum Gasteiger partial charge on any atom is -0.374 e. The normalized spacial score (nSPS) is 15.6. The van der Waals surface area contributed by atoms with E-state index in [4.69, 9.17) is 10.5 Å². The van der Waals surface area contributed by atoms with E-state index in [2.05, 4.69) is 5.32 Å². The maximum Gasteiger partial charge on any atom is 0.225 e. The fraction of sp³-hybridized carbons (Fsp3) is 0.533. The molecule has 0 unspecified atom stereocenters. The average Bonchev–Trinajstić information content (AvgIpc) is 2.90. The minimum atomic E-state index is -0.0450. The van der Waals surface area contributed by atoms with Crippen LogP contribution in [0.25, 0.3) is 0 Å². The highest BCUT2D eigenvalue weighted by Crippen LogP contribution is 2.22. The fourth-order valence-electron chi connectivity index (χ4n) is 2.36. The number of nitrogens with one attached hydrogen (secondary N) is 1. The van der Waals surface area contributed by atoms with Crippen LogP contribution in [0, 0.1) is 0 Å². The van der Waals surface area contributed by atoms with Gasteiger partial charge in [-0.2, -0.15) is 0 Å². The number of benzene rings is 1. The van der Waals surface area contributed by atoms with E-state index in [1.165, 1.54) is 25.7 Å². The summed E-state index contributed by atoms with van der Waals surface area (Å²) < 4.78 is 5.86. The Morgan fingerprint density at radius 3 is 2.89 bits per heavy atom. The maximum atomic E-state index is 11.5. The summed E-state index contributed by atoms with van der Waals surface area (Å²) in [4.78, 5) is 11.5. The summed E-state index contributed by atoms with van der Waals surface area (Å²) in [5, 5.41) is 2.84. The third-order valence-corrected chi connectivity index (χ3v) is 3.37. The number of anilines is 1. The molecule has 1 aliphatic carbocycles. The van der Waals surface area contributed by atoms with Crippen molar-refractivity contribution < 1.29 is 9.53 Å². The molecule has 3 N–H and O–H groups in total. The molecule has 0 aromatic heterocycles. The first-order chi connectivity index (χ1) is 9.28. The summed E-state index contributed by atoms with van der Waals surface area (Å²) in [5.41, 5.74) is 7.26.